The van der Waals surface area contributed by atoms with Gasteiger partial charge in [-0.25, -0.2) is 23.4 Å². The molecular formula is C21H21F2N5O. The Morgan fingerprint density at radius 3 is 2.48 bits per heavy atom. The lowest BCUT2D eigenvalue weighted by Crippen LogP contribution is -2.26. The zero-order valence-corrected chi connectivity index (χ0v) is 15.8. The number of halogens is 2. The lowest BCUT2D eigenvalue weighted by molar-refractivity contribution is 0.280. The number of rotatable bonds is 5. The molecule has 3 aromatic rings. The number of ether oxygens (including phenoxy) is 1. The van der Waals surface area contributed by atoms with E-state index in [9.17, 15) is 8.78 Å². The SMILES string of the molecule is Fc1cc(F)cc(OC[C@H]2[C@H]3CN(c4cnc5cnn(C6CCC6)c5n4)C[C@@H]23)c1. The van der Waals surface area contributed by atoms with Gasteiger partial charge in [0.05, 0.1) is 25.0 Å². The van der Waals surface area contributed by atoms with Crippen molar-refractivity contribution in [1.82, 2.24) is 19.7 Å². The van der Waals surface area contributed by atoms with Gasteiger partial charge in [0.1, 0.15) is 28.7 Å². The molecule has 1 aliphatic heterocycles. The van der Waals surface area contributed by atoms with E-state index in [0.29, 0.717) is 30.4 Å². The first-order valence-electron chi connectivity index (χ1n) is 10.2. The molecule has 2 aromatic heterocycles. The average Bonchev–Trinajstić information content (AvgIpc) is 2.99. The summed E-state index contributed by atoms with van der Waals surface area (Å²) in [6.45, 7) is 2.31. The van der Waals surface area contributed by atoms with E-state index in [2.05, 4.69) is 15.0 Å². The van der Waals surface area contributed by atoms with Crippen LogP contribution in [0.25, 0.3) is 11.2 Å². The topological polar surface area (TPSA) is 56.1 Å². The van der Waals surface area contributed by atoms with Gasteiger partial charge in [0.15, 0.2) is 5.65 Å². The minimum Gasteiger partial charge on any atom is -0.493 e. The minimum absolute atomic E-state index is 0.255. The van der Waals surface area contributed by atoms with Gasteiger partial charge < -0.3 is 9.64 Å². The van der Waals surface area contributed by atoms with Gasteiger partial charge in [0, 0.05) is 37.2 Å². The average molecular weight is 397 g/mol. The maximum Gasteiger partial charge on any atom is 0.179 e. The molecule has 0 amide bonds. The molecule has 6 rings (SSSR count). The van der Waals surface area contributed by atoms with Crippen molar-refractivity contribution in [3.8, 4) is 5.75 Å². The van der Waals surface area contributed by atoms with Crippen LogP contribution in [0.2, 0.25) is 0 Å². The van der Waals surface area contributed by atoms with Crippen LogP contribution in [0.1, 0.15) is 25.3 Å². The van der Waals surface area contributed by atoms with Gasteiger partial charge in [-0.1, -0.05) is 0 Å². The van der Waals surface area contributed by atoms with Gasteiger partial charge in [-0.3, -0.25) is 0 Å². The van der Waals surface area contributed by atoms with Gasteiger partial charge >= 0.3 is 0 Å². The highest BCUT2D eigenvalue weighted by Crippen LogP contribution is 2.52. The molecule has 2 aliphatic carbocycles. The Labute approximate surface area is 166 Å². The molecule has 0 bridgehead atoms. The van der Waals surface area contributed by atoms with Crippen LogP contribution in [-0.2, 0) is 0 Å². The van der Waals surface area contributed by atoms with Crippen molar-refractivity contribution in [2.24, 2.45) is 17.8 Å². The smallest absolute Gasteiger partial charge is 0.179 e. The van der Waals surface area contributed by atoms with Crippen LogP contribution in [0.4, 0.5) is 14.6 Å². The summed E-state index contributed by atoms with van der Waals surface area (Å²) in [5.41, 5.74) is 1.72. The number of hydrogen-bond donors (Lipinski definition) is 0. The van der Waals surface area contributed by atoms with Gasteiger partial charge in [-0.2, -0.15) is 5.10 Å². The molecule has 29 heavy (non-hydrogen) atoms. The quantitative estimate of drug-likeness (QED) is 0.659. The van der Waals surface area contributed by atoms with Crippen LogP contribution in [-0.4, -0.2) is 39.4 Å². The summed E-state index contributed by atoms with van der Waals surface area (Å²) >= 11 is 0. The second-order valence-corrected chi connectivity index (χ2v) is 8.42. The maximum absolute atomic E-state index is 13.3. The first-order chi connectivity index (χ1) is 14.2. The Morgan fingerprint density at radius 2 is 1.79 bits per heavy atom. The highest BCUT2D eigenvalue weighted by Gasteiger charge is 2.56. The second kappa shape index (κ2) is 6.37. The standard InChI is InChI=1S/C21H21F2N5O/c22-12-4-13(23)6-15(5-12)29-11-18-16-9-27(10-17(16)18)20-8-24-19-7-25-28(21(19)26-20)14-2-1-3-14/h4-8,14,16-18H,1-3,9-11H2/t16-,17+,18-. The predicted molar refractivity (Wildman–Crippen MR) is 103 cm³/mol. The number of hydrogen-bond acceptors (Lipinski definition) is 5. The van der Waals surface area contributed by atoms with Crippen molar-refractivity contribution in [2.75, 3.05) is 24.6 Å². The molecule has 0 radical (unpaired) electrons. The van der Waals surface area contributed by atoms with Crippen LogP contribution in [0, 0.1) is 29.4 Å². The van der Waals surface area contributed by atoms with Gasteiger partial charge in [-0.05, 0) is 31.1 Å². The second-order valence-electron chi connectivity index (χ2n) is 8.42. The number of anilines is 1. The van der Waals surface area contributed by atoms with Crippen LogP contribution in [0.3, 0.4) is 0 Å². The van der Waals surface area contributed by atoms with E-state index in [4.69, 9.17) is 9.72 Å². The van der Waals surface area contributed by atoms with Gasteiger partial charge in [0.25, 0.3) is 0 Å². The Hall–Kier alpha value is -2.77. The molecule has 6 nitrogen and oxygen atoms in total. The Kier molecular flexibility index (Phi) is 3.76. The van der Waals surface area contributed by atoms with Crippen molar-refractivity contribution in [2.45, 2.75) is 25.3 Å². The molecule has 3 aliphatic rings. The number of benzene rings is 1. The molecule has 8 heteroatoms. The van der Waals surface area contributed by atoms with Crippen LogP contribution in [0.15, 0.2) is 30.6 Å². The van der Waals surface area contributed by atoms with E-state index < -0.39 is 11.6 Å². The lowest BCUT2D eigenvalue weighted by Gasteiger charge is -2.26. The molecule has 1 aromatic carbocycles. The molecular weight excluding hydrogens is 376 g/mol. The highest BCUT2D eigenvalue weighted by molar-refractivity contribution is 5.71. The summed E-state index contributed by atoms with van der Waals surface area (Å²) in [5, 5.41) is 4.49. The molecule has 0 spiro atoms. The van der Waals surface area contributed by atoms with Crippen molar-refractivity contribution in [3.63, 3.8) is 0 Å². The summed E-state index contributed by atoms with van der Waals surface area (Å²) < 4.78 is 34.2. The van der Waals surface area contributed by atoms with Gasteiger partial charge in [0.2, 0.25) is 0 Å². The molecule has 150 valence electrons. The zero-order valence-electron chi connectivity index (χ0n) is 15.8. The Morgan fingerprint density at radius 1 is 1.03 bits per heavy atom. The van der Waals surface area contributed by atoms with Crippen LogP contribution >= 0.6 is 0 Å². The summed E-state index contributed by atoms with van der Waals surface area (Å²) in [6.07, 6.45) is 7.21. The summed E-state index contributed by atoms with van der Waals surface area (Å²) in [7, 11) is 0. The molecule has 3 atom stereocenters. The minimum atomic E-state index is -0.614. The van der Waals surface area contributed by atoms with E-state index >= 15 is 0 Å². The summed E-state index contributed by atoms with van der Waals surface area (Å²) in [5.74, 6) is 1.41. The van der Waals surface area contributed by atoms with Crippen molar-refractivity contribution in [1.29, 1.82) is 0 Å². The van der Waals surface area contributed by atoms with Crippen LogP contribution < -0.4 is 9.64 Å². The van der Waals surface area contributed by atoms with Crippen molar-refractivity contribution < 1.29 is 13.5 Å². The monoisotopic (exact) mass is 397 g/mol. The zero-order chi connectivity index (χ0) is 19.5. The maximum atomic E-state index is 13.3. The predicted octanol–water partition coefficient (Wildman–Crippen LogP) is 3.59. The number of aromatic nitrogens is 4. The third-order valence-electron chi connectivity index (χ3n) is 6.68. The normalized spacial score (nSPS) is 25.9. The fraction of sp³-hybridized carbons (Fsp3) is 0.476. The van der Waals surface area contributed by atoms with E-state index in [-0.39, 0.29) is 5.75 Å². The molecule has 0 N–H and O–H groups in total. The van der Waals surface area contributed by atoms with Crippen LogP contribution in [0.5, 0.6) is 5.75 Å². The van der Waals surface area contributed by atoms with E-state index in [1.54, 1.807) is 6.20 Å². The number of nitrogens with zero attached hydrogens (tertiary/aromatic N) is 5. The molecule has 2 saturated carbocycles. The molecule has 0 unspecified atom stereocenters. The summed E-state index contributed by atoms with van der Waals surface area (Å²) in [4.78, 5) is 11.7. The Balaban J connectivity index is 1.11. The summed E-state index contributed by atoms with van der Waals surface area (Å²) in [6, 6.07) is 3.76. The van der Waals surface area contributed by atoms with E-state index in [0.717, 1.165) is 49.0 Å². The molecule has 3 heterocycles. The van der Waals surface area contributed by atoms with E-state index in [1.807, 2.05) is 10.9 Å². The fourth-order valence-electron chi connectivity index (χ4n) is 4.75. The van der Waals surface area contributed by atoms with E-state index in [1.165, 1.54) is 18.6 Å². The third kappa shape index (κ3) is 2.92. The highest BCUT2D eigenvalue weighted by atomic mass is 19.1. The van der Waals surface area contributed by atoms with Gasteiger partial charge in [-0.15, -0.1) is 0 Å². The van der Waals surface area contributed by atoms with Crippen molar-refractivity contribution >= 4 is 17.0 Å². The number of fused-ring (bicyclic) bond motifs is 2. The number of piperidine rings is 1. The lowest BCUT2D eigenvalue weighted by atomic mass is 9.93. The fourth-order valence-corrected chi connectivity index (χ4v) is 4.75. The third-order valence-corrected chi connectivity index (χ3v) is 6.68. The first kappa shape index (κ1) is 17.1. The Bertz CT molecular complexity index is 1050. The first-order valence-corrected chi connectivity index (χ1v) is 10.2. The molecule has 3 fully saturated rings. The largest absolute Gasteiger partial charge is 0.493 e. The van der Waals surface area contributed by atoms with Crippen molar-refractivity contribution in [3.05, 3.63) is 42.2 Å². The molecule has 1 saturated heterocycles.